The van der Waals surface area contributed by atoms with E-state index in [1.165, 1.54) is 0 Å². The quantitative estimate of drug-likeness (QED) is 0.796. The van der Waals surface area contributed by atoms with Gasteiger partial charge in [-0.3, -0.25) is 0 Å². The molecule has 0 aliphatic rings. The summed E-state index contributed by atoms with van der Waals surface area (Å²) in [7, 11) is 0. The van der Waals surface area contributed by atoms with Crippen LogP contribution in [0.25, 0.3) is 11.3 Å². The largest absolute Gasteiger partial charge is 0.445 e. The molecule has 1 unspecified atom stereocenters. The lowest BCUT2D eigenvalue weighted by Crippen LogP contribution is -2.33. The maximum Gasteiger partial charge on any atom is 0.445 e. The number of halogens is 4. The molecule has 0 saturated heterocycles. The fourth-order valence-electron chi connectivity index (χ4n) is 1.26. The Balaban J connectivity index is 2.30. The van der Waals surface area contributed by atoms with Crippen molar-refractivity contribution in [2.45, 2.75) is 11.7 Å². The van der Waals surface area contributed by atoms with Crippen LogP contribution in [0, 0.1) is 0 Å². The van der Waals surface area contributed by atoms with Crippen molar-refractivity contribution in [2.75, 3.05) is 0 Å². The van der Waals surface area contributed by atoms with Crippen molar-refractivity contribution in [3.05, 3.63) is 36.7 Å². The first kappa shape index (κ1) is 12.8. The smallest absolute Gasteiger partial charge is 0.439 e. The normalized spacial score (nSPS) is 13.3. The van der Waals surface area contributed by atoms with E-state index in [-0.39, 0.29) is 5.76 Å². The first-order chi connectivity index (χ1) is 8.50. The number of rotatable bonds is 4. The fraction of sp³-hybridized carbons (Fsp3) is 0.182. The molecule has 0 aliphatic carbocycles. The number of alkyl halides is 4. The summed E-state index contributed by atoms with van der Waals surface area (Å²) in [5.74, 6) is -0.540. The number of ether oxygens (including phenoxy) is 1. The molecule has 1 heterocycles. The average molecular weight is 278 g/mol. The van der Waals surface area contributed by atoms with Gasteiger partial charge in [-0.15, -0.1) is 0 Å². The van der Waals surface area contributed by atoms with Gasteiger partial charge >= 0.3 is 6.11 Å². The molecule has 96 valence electrons. The molecule has 0 spiro atoms. The second-order valence-corrected chi connectivity index (χ2v) is 3.70. The molecule has 3 nitrogen and oxygen atoms in total. The van der Waals surface area contributed by atoms with Gasteiger partial charge in [0.25, 0.3) is 11.5 Å². The molecular weight excluding hydrogens is 271 g/mol. The Bertz CT molecular complexity index is 516. The van der Waals surface area contributed by atoms with E-state index in [0.717, 1.165) is 6.39 Å². The maximum absolute atomic E-state index is 13.0. The van der Waals surface area contributed by atoms with Gasteiger partial charge < -0.3 is 9.15 Å². The summed E-state index contributed by atoms with van der Waals surface area (Å²) < 4.78 is 47.5. The summed E-state index contributed by atoms with van der Waals surface area (Å²) >= 11 is 4.68. The monoisotopic (exact) mass is 277 g/mol. The van der Waals surface area contributed by atoms with Crippen LogP contribution in [0.5, 0.6) is 5.88 Å². The Morgan fingerprint density at radius 2 is 1.94 bits per heavy atom. The van der Waals surface area contributed by atoms with E-state index in [4.69, 9.17) is 4.42 Å². The first-order valence-electron chi connectivity index (χ1n) is 4.84. The molecule has 0 bridgehead atoms. The molecule has 18 heavy (non-hydrogen) atoms. The molecule has 7 heteroatoms. The first-order valence-corrected chi connectivity index (χ1v) is 5.28. The molecule has 0 N–H and O–H groups in total. The molecule has 1 atom stereocenters. The second-order valence-electron chi connectivity index (χ2n) is 3.32. The number of nitrogens with zero attached hydrogens (tertiary/aromatic N) is 1. The molecule has 0 radical (unpaired) electrons. The minimum absolute atomic E-state index is 0.0207. The van der Waals surface area contributed by atoms with Gasteiger partial charge in [-0.2, -0.15) is 13.8 Å². The third kappa shape index (κ3) is 2.59. The Labute approximate surface area is 105 Å². The van der Waals surface area contributed by atoms with E-state index < -0.39 is 17.6 Å². The molecule has 0 saturated carbocycles. The van der Waals surface area contributed by atoms with Crippen molar-refractivity contribution in [2.24, 2.45) is 0 Å². The molecular formula is C11H7ClF3NO2. The van der Waals surface area contributed by atoms with Gasteiger partial charge in [-0.05, 0) is 0 Å². The van der Waals surface area contributed by atoms with Crippen molar-refractivity contribution in [1.82, 2.24) is 4.98 Å². The zero-order valence-corrected chi connectivity index (χ0v) is 9.57. The van der Waals surface area contributed by atoms with Crippen LogP contribution < -0.4 is 4.74 Å². The molecule has 1 aromatic heterocycles. The van der Waals surface area contributed by atoms with Crippen LogP contribution in [0.1, 0.15) is 0 Å². The zero-order chi connectivity index (χ0) is 13.2. The molecule has 0 amide bonds. The lowest BCUT2D eigenvalue weighted by atomic mass is 10.2. The van der Waals surface area contributed by atoms with Crippen LogP contribution in [-0.2, 0) is 0 Å². The predicted molar refractivity (Wildman–Crippen MR) is 58.3 cm³/mol. The highest BCUT2D eigenvalue weighted by Gasteiger charge is 2.43. The maximum atomic E-state index is 13.0. The van der Waals surface area contributed by atoms with Gasteiger partial charge in [0.2, 0.25) is 0 Å². The molecule has 1 aromatic carbocycles. The number of benzene rings is 1. The highest BCUT2D eigenvalue weighted by Crippen LogP contribution is 2.34. The standard InChI is InChI=1S/C11H7ClF3NO2/c12-10(13)11(14,15)18-9-8(17-6-16-9)7-4-2-1-3-5-7/h1-6,10H. The summed E-state index contributed by atoms with van der Waals surface area (Å²) in [6.45, 7) is 0. The number of oxazole rings is 1. The topological polar surface area (TPSA) is 35.3 Å². The van der Waals surface area contributed by atoms with Crippen LogP contribution >= 0.6 is 11.6 Å². The Morgan fingerprint density at radius 1 is 1.28 bits per heavy atom. The van der Waals surface area contributed by atoms with E-state index in [9.17, 15) is 13.2 Å². The van der Waals surface area contributed by atoms with E-state index in [1.54, 1.807) is 30.3 Å². The summed E-state index contributed by atoms with van der Waals surface area (Å²) in [6.07, 6.45) is -3.25. The van der Waals surface area contributed by atoms with Gasteiger partial charge in [0.15, 0.2) is 12.2 Å². The summed E-state index contributed by atoms with van der Waals surface area (Å²) in [4.78, 5) is 3.47. The highest BCUT2D eigenvalue weighted by molar-refractivity contribution is 6.20. The molecule has 2 rings (SSSR count). The van der Waals surface area contributed by atoms with Gasteiger partial charge in [-0.25, -0.2) is 4.39 Å². The molecule has 0 fully saturated rings. The lowest BCUT2D eigenvalue weighted by molar-refractivity contribution is -0.200. The van der Waals surface area contributed by atoms with Crippen molar-refractivity contribution < 1.29 is 22.3 Å². The van der Waals surface area contributed by atoms with Gasteiger partial charge in [0, 0.05) is 5.56 Å². The zero-order valence-electron chi connectivity index (χ0n) is 8.82. The second kappa shape index (κ2) is 4.89. The van der Waals surface area contributed by atoms with Crippen LogP contribution in [0.2, 0.25) is 0 Å². The van der Waals surface area contributed by atoms with Crippen molar-refractivity contribution in [3.8, 4) is 17.2 Å². The average Bonchev–Trinajstić information content (AvgIpc) is 2.77. The Kier molecular flexibility index (Phi) is 3.47. The van der Waals surface area contributed by atoms with E-state index in [2.05, 4.69) is 21.3 Å². The van der Waals surface area contributed by atoms with Crippen LogP contribution in [0.3, 0.4) is 0 Å². The predicted octanol–water partition coefficient (Wildman–Crippen LogP) is 3.85. The Morgan fingerprint density at radius 3 is 2.56 bits per heavy atom. The Hall–Kier alpha value is -1.69. The number of hydrogen-bond acceptors (Lipinski definition) is 3. The third-order valence-corrected chi connectivity index (χ3v) is 2.31. The van der Waals surface area contributed by atoms with Crippen molar-refractivity contribution >= 4 is 11.6 Å². The van der Waals surface area contributed by atoms with Crippen molar-refractivity contribution in [3.63, 3.8) is 0 Å². The SMILES string of the molecule is FC(Cl)C(F)(F)Oc1ncoc1-c1ccccc1. The van der Waals surface area contributed by atoms with Gasteiger partial charge in [0.1, 0.15) is 0 Å². The minimum Gasteiger partial charge on any atom is -0.439 e. The van der Waals surface area contributed by atoms with Crippen LogP contribution in [-0.4, -0.2) is 16.7 Å². The summed E-state index contributed by atoms with van der Waals surface area (Å²) in [5, 5.41) is 0. The van der Waals surface area contributed by atoms with E-state index in [0.29, 0.717) is 5.56 Å². The number of aromatic nitrogens is 1. The van der Waals surface area contributed by atoms with Gasteiger partial charge in [-0.1, -0.05) is 41.9 Å². The lowest BCUT2D eigenvalue weighted by Gasteiger charge is -2.16. The third-order valence-electron chi connectivity index (χ3n) is 2.06. The fourth-order valence-corrected chi connectivity index (χ4v) is 1.31. The van der Waals surface area contributed by atoms with Crippen LogP contribution in [0.4, 0.5) is 13.2 Å². The van der Waals surface area contributed by atoms with Crippen LogP contribution in [0.15, 0.2) is 41.1 Å². The van der Waals surface area contributed by atoms with E-state index >= 15 is 0 Å². The summed E-state index contributed by atoms with van der Waals surface area (Å²) in [6, 6.07) is 8.32. The molecule has 0 aliphatic heterocycles. The van der Waals surface area contributed by atoms with Gasteiger partial charge in [0.05, 0.1) is 0 Å². The highest BCUT2D eigenvalue weighted by atomic mass is 35.5. The van der Waals surface area contributed by atoms with E-state index in [1.807, 2.05) is 0 Å². The number of hydrogen-bond donors (Lipinski definition) is 0. The molecule has 2 aromatic rings. The summed E-state index contributed by atoms with van der Waals surface area (Å²) in [5.41, 5.74) is -2.50. The minimum atomic E-state index is -4.18. The van der Waals surface area contributed by atoms with Crippen molar-refractivity contribution in [1.29, 1.82) is 0 Å².